The van der Waals surface area contributed by atoms with E-state index in [1.807, 2.05) is 24.3 Å². The van der Waals surface area contributed by atoms with Crippen molar-refractivity contribution in [1.29, 1.82) is 0 Å². The molecule has 0 atom stereocenters. The molecule has 7 nitrogen and oxygen atoms in total. The molecule has 0 radical (unpaired) electrons. The molecule has 0 aliphatic rings. The molecule has 1 heterocycles. The van der Waals surface area contributed by atoms with Crippen LogP contribution in [0.15, 0.2) is 46.9 Å². The Morgan fingerprint density at radius 3 is 2.33 bits per heavy atom. The van der Waals surface area contributed by atoms with E-state index in [2.05, 4.69) is 31.4 Å². The largest absolute Gasteiger partial charge is 0.493 e. The third-order valence-electron chi connectivity index (χ3n) is 3.91. The third kappa shape index (κ3) is 3.90. The lowest BCUT2D eigenvalue weighted by Gasteiger charge is -2.15. The number of hydrogen-bond acceptors (Lipinski definition) is 5. The zero-order chi connectivity index (χ0) is 19.4. The van der Waals surface area contributed by atoms with E-state index in [0.717, 1.165) is 10.0 Å². The van der Waals surface area contributed by atoms with Crippen LogP contribution < -0.4 is 19.5 Å². The first-order valence-corrected chi connectivity index (χ1v) is 8.78. The molecule has 27 heavy (non-hydrogen) atoms. The van der Waals surface area contributed by atoms with Crippen molar-refractivity contribution in [2.24, 2.45) is 0 Å². The maximum absolute atomic E-state index is 12.6. The van der Waals surface area contributed by atoms with Crippen LogP contribution in [0.2, 0.25) is 0 Å². The van der Waals surface area contributed by atoms with Crippen molar-refractivity contribution in [3.63, 3.8) is 0 Å². The van der Waals surface area contributed by atoms with Crippen LogP contribution in [0.5, 0.6) is 17.2 Å². The summed E-state index contributed by atoms with van der Waals surface area (Å²) in [5, 5.41) is 9.76. The summed E-state index contributed by atoms with van der Waals surface area (Å²) in [6.07, 6.45) is 0. The van der Waals surface area contributed by atoms with Gasteiger partial charge in [0.15, 0.2) is 11.5 Å². The Labute approximate surface area is 164 Å². The van der Waals surface area contributed by atoms with Crippen LogP contribution in [0.25, 0.3) is 11.3 Å². The molecule has 0 saturated carbocycles. The summed E-state index contributed by atoms with van der Waals surface area (Å²) in [6, 6.07) is 12.7. The minimum atomic E-state index is -0.351. The quantitative estimate of drug-likeness (QED) is 0.612. The summed E-state index contributed by atoms with van der Waals surface area (Å²) in [6.45, 7) is 0. The number of H-pyrrole nitrogens is 1. The number of carbonyl (C=O) groups excluding carboxylic acids is 1. The third-order valence-corrected chi connectivity index (χ3v) is 4.44. The number of halogens is 1. The number of amides is 1. The lowest BCUT2D eigenvalue weighted by molar-refractivity contribution is 0.102. The van der Waals surface area contributed by atoms with E-state index in [4.69, 9.17) is 14.2 Å². The Balaban J connectivity index is 1.85. The summed E-state index contributed by atoms with van der Waals surface area (Å²) in [7, 11) is 4.53. The van der Waals surface area contributed by atoms with Crippen molar-refractivity contribution >= 4 is 27.5 Å². The fourth-order valence-electron chi connectivity index (χ4n) is 2.60. The molecule has 0 unspecified atom stereocenters. The molecule has 0 aliphatic carbocycles. The second-order valence-electron chi connectivity index (χ2n) is 5.51. The smallest absolute Gasteiger partial charge is 0.273 e. The van der Waals surface area contributed by atoms with Gasteiger partial charge in [-0.2, -0.15) is 5.10 Å². The molecule has 2 aromatic carbocycles. The van der Waals surface area contributed by atoms with E-state index in [-0.39, 0.29) is 5.91 Å². The van der Waals surface area contributed by atoms with E-state index in [1.54, 1.807) is 18.2 Å². The first-order chi connectivity index (χ1) is 13.1. The van der Waals surface area contributed by atoms with Gasteiger partial charge in [-0.05, 0) is 30.3 Å². The van der Waals surface area contributed by atoms with Crippen LogP contribution in [0.3, 0.4) is 0 Å². The molecule has 0 bridgehead atoms. The zero-order valence-corrected chi connectivity index (χ0v) is 16.6. The minimum Gasteiger partial charge on any atom is -0.493 e. The standard InChI is InChI=1S/C19H18BrN3O4/c1-25-16-9-8-13(17(26-2)18(16)27-3)21-19(24)15-10-14(22-23-15)11-4-6-12(20)7-5-11/h4-10H,1-3H3,(H,21,24)(H,22,23). The highest BCUT2D eigenvalue weighted by Crippen LogP contribution is 2.42. The molecule has 0 saturated heterocycles. The SMILES string of the molecule is COc1ccc(NC(=O)c2cc(-c3ccc(Br)cc3)n[nH]2)c(OC)c1OC. The van der Waals surface area contributed by atoms with Crippen LogP contribution in [0, 0.1) is 0 Å². The van der Waals surface area contributed by atoms with Gasteiger partial charge in [-0.3, -0.25) is 9.89 Å². The Morgan fingerprint density at radius 2 is 1.70 bits per heavy atom. The topological polar surface area (TPSA) is 85.5 Å². The lowest BCUT2D eigenvalue weighted by atomic mass is 10.1. The Morgan fingerprint density at radius 1 is 1.00 bits per heavy atom. The van der Waals surface area contributed by atoms with E-state index in [1.165, 1.54) is 21.3 Å². The first-order valence-electron chi connectivity index (χ1n) is 7.99. The second-order valence-corrected chi connectivity index (χ2v) is 6.43. The number of aromatic amines is 1. The van der Waals surface area contributed by atoms with Gasteiger partial charge in [0.2, 0.25) is 5.75 Å². The van der Waals surface area contributed by atoms with Gasteiger partial charge >= 0.3 is 0 Å². The molecule has 0 fully saturated rings. The number of nitrogens with zero attached hydrogens (tertiary/aromatic N) is 1. The number of nitrogens with one attached hydrogen (secondary N) is 2. The second kappa shape index (κ2) is 8.13. The van der Waals surface area contributed by atoms with Crippen LogP contribution in [-0.2, 0) is 0 Å². The van der Waals surface area contributed by atoms with Gasteiger partial charge in [0.25, 0.3) is 5.91 Å². The Bertz CT molecular complexity index is 954. The number of ether oxygens (including phenoxy) is 3. The van der Waals surface area contributed by atoms with Crippen LogP contribution in [0.1, 0.15) is 10.5 Å². The number of aromatic nitrogens is 2. The predicted molar refractivity (Wildman–Crippen MR) is 106 cm³/mol. The molecule has 0 spiro atoms. The van der Waals surface area contributed by atoms with Crippen molar-refractivity contribution in [3.8, 4) is 28.5 Å². The number of carbonyl (C=O) groups is 1. The number of anilines is 1. The maximum atomic E-state index is 12.6. The predicted octanol–water partition coefficient (Wildman–Crippen LogP) is 4.12. The normalized spacial score (nSPS) is 10.4. The number of benzene rings is 2. The molecule has 8 heteroatoms. The molecule has 1 aromatic heterocycles. The maximum Gasteiger partial charge on any atom is 0.273 e. The number of rotatable bonds is 6. The van der Waals surface area contributed by atoms with Crippen molar-refractivity contribution in [1.82, 2.24) is 10.2 Å². The van der Waals surface area contributed by atoms with Crippen LogP contribution in [0.4, 0.5) is 5.69 Å². The molecule has 3 rings (SSSR count). The van der Waals surface area contributed by atoms with E-state index in [0.29, 0.717) is 34.3 Å². The molecule has 1 amide bonds. The molecule has 3 aromatic rings. The van der Waals surface area contributed by atoms with Gasteiger partial charge in [-0.1, -0.05) is 28.1 Å². The van der Waals surface area contributed by atoms with Crippen LogP contribution in [-0.4, -0.2) is 37.4 Å². The van der Waals surface area contributed by atoms with Gasteiger partial charge in [0, 0.05) is 10.0 Å². The van der Waals surface area contributed by atoms with Gasteiger partial charge in [-0.25, -0.2) is 0 Å². The average Bonchev–Trinajstić information content (AvgIpc) is 3.18. The summed E-state index contributed by atoms with van der Waals surface area (Å²) in [4.78, 5) is 12.6. The van der Waals surface area contributed by atoms with Gasteiger partial charge in [-0.15, -0.1) is 0 Å². The fraction of sp³-hybridized carbons (Fsp3) is 0.158. The molecule has 2 N–H and O–H groups in total. The van der Waals surface area contributed by atoms with Crippen molar-refractivity contribution in [3.05, 3.63) is 52.6 Å². The summed E-state index contributed by atoms with van der Waals surface area (Å²) < 4.78 is 16.9. The average molecular weight is 432 g/mol. The van der Waals surface area contributed by atoms with Crippen molar-refractivity contribution in [2.75, 3.05) is 26.6 Å². The van der Waals surface area contributed by atoms with E-state index >= 15 is 0 Å². The van der Waals surface area contributed by atoms with Crippen LogP contribution >= 0.6 is 15.9 Å². The van der Waals surface area contributed by atoms with E-state index < -0.39 is 0 Å². The molecular weight excluding hydrogens is 414 g/mol. The first kappa shape index (κ1) is 18.8. The summed E-state index contributed by atoms with van der Waals surface area (Å²) in [5.41, 5.74) is 2.36. The van der Waals surface area contributed by atoms with Crippen molar-refractivity contribution < 1.29 is 19.0 Å². The highest BCUT2D eigenvalue weighted by atomic mass is 79.9. The number of hydrogen-bond donors (Lipinski definition) is 2. The summed E-state index contributed by atoms with van der Waals surface area (Å²) >= 11 is 3.40. The Kier molecular flexibility index (Phi) is 5.66. The highest BCUT2D eigenvalue weighted by Gasteiger charge is 2.19. The monoisotopic (exact) mass is 431 g/mol. The minimum absolute atomic E-state index is 0.324. The molecule has 0 aliphatic heterocycles. The summed E-state index contributed by atoms with van der Waals surface area (Å²) in [5.74, 6) is 0.929. The van der Waals surface area contributed by atoms with Crippen molar-refractivity contribution in [2.45, 2.75) is 0 Å². The zero-order valence-electron chi connectivity index (χ0n) is 15.0. The van der Waals surface area contributed by atoms with Gasteiger partial charge in [0.05, 0.1) is 32.7 Å². The van der Waals surface area contributed by atoms with Gasteiger partial charge in [0.1, 0.15) is 5.69 Å². The lowest BCUT2D eigenvalue weighted by Crippen LogP contribution is -2.13. The molecular formula is C19H18BrN3O4. The highest BCUT2D eigenvalue weighted by molar-refractivity contribution is 9.10. The fourth-order valence-corrected chi connectivity index (χ4v) is 2.86. The van der Waals surface area contributed by atoms with E-state index in [9.17, 15) is 4.79 Å². The molecule has 140 valence electrons. The number of methoxy groups -OCH3 is 3. The van der Waals surface area contributed by atoms with Gasteiger partial charge < -0.3 is 19.5 Å². The Hall–Kier alpha value is -3.00.